The van der Waals surface area contributed by atoms with Crippen molar-refractivity contribution < 1.29 is 9.53 Å². The van der Waals surface area contributed by atoms with Crippen LogP contribution in [0.4, 0.5) is 16.3 Å². The van der Waals surface area contributed by atoms with E-state index in [0.717, 1.165) is 49.0 Å². The second-order valence-electron chi connectivity index (χ2n) is 7.90. The Hall–Kier alpha value is -2.02. The molecular formula is C22H26Cl2N4O2. The van der Waals surface area contributed by atoms with E-state index in [9.17, 15) is 4.79 Å². The molecule has 30 heavy (non-hydrogen) atoms. The molecule has 0 unspecified atom stereocenters. The van der Waals surface area contributed by atoms with Gasteiger partial charge in [0.2, 0.25) is 0 Å². The topological polar surface area (TPSA) is 57.7 Å². The first-order valence-electron chi connectivity index (χ1n) is 10.4. The second kappa shape index (κ2) is 9.86. The number of aromatic nitrogens is 1. The maximum Gasteiger partial charge on any atom is 0.409 e. The molecule has 0 atom stereocenters. The van der Waals surface area contributed by atoms with Gasteiger partial charge in [0.15, 0.2) is 0 Å². The summed E-state index contributed by atoms with van der Waals surface area (Å²) in [5.41, 5.74) is 1.88. The van der Waals surface area contributed by atoms with E-state index >= 15 is 0 Å². The monoisotopic (exact) mass is 448 g/mol. The van der Waals surface area contributed by atoms with E-state index in [2.05, 4.69) is 21.3 Å². The maximum atomic E-state index is 12.2. The molecule has 2 aromatic rings. The highest BCUT2D eigenvalue weighted by atomic mass is 35.5. The SMILES string of the molecule is O=C(OCCC1CC1)N1CCN(Cc2cccnc2Nc2cc(Cl)cc(Cl)c2)CC1. The first-order valence-corrected chi connectivity index (χ1v) is 11.1. The number of anilines is 2. The highest BCUT2D eigenvalue weighted by molar-refractivity contribution is 6.35. The number of carbonyl (C=O) groups excluding carboxylic acids is 1. The molecule has 6 nitrogen and oxygen atoms in total. The fourth-order valence-corrected chi connectivity index (χ4v) is 4.11. The number of carbonyl (C=O) groups is 1. The van der Waals surface area contributed by atoms with Crippen molar-refractivity contribution in [1.29, 1.82) is 0 Å². The molecule has 1 amide bonds. The number of piperazine rings is 1. The second-order valence-corrected chi connectivity index (χ2v) is 8.78. The molecule has 2 heterocycles. The predicted octanol–water partition coefficient (Wildman–Crippen LogP) is 5.19. The van der Waals surface area contributed by atoms with Crippen LogP contribution in [0.25, 0.3) is 0 Å². The third-order valence-electron chi connectivity index (χ3n) is 5.49. The van der Waals surface area contributed by atoms with Gasteiger partial charge in [-0.1, -0.05) is 42.1 Å². The first-order chi connectivity index (χ1) is 14.6. The van der Waals surface area contributed by atoms with E-state index in [0.29, 0.717) is 29.7 Å². The van der Waals surface area contributed by atoms with Gasteiger partial charge < -0.3 is 15.0 Å². The third-order valence-corrected chi connectivity index (χ3v) is 5.93. The quantitative estimate of drug-likeness (QED) is 0.631. The van der Waals surface area contributed by atoms with E-state index in [-0.39, 0.29) is 6.09 Å². The highest BCUT2D eigenvalue weighted by Gasteiger charge is 2.25. The van der Waals surface area contributed by atoms with E-state index < -0.39 is 0 Å². The molecule has 0 bridgehead atoms. The average Bonchev–Trinajstić information content (AvgIpc) is 3.54. The molecule has 1 aliphatic carbocycles. The largest absolute Gasteiger partial charge is 0.449 e. The van der Waals surface area contributed by atoms with Gasteiger partial charge in [-0.2, -0.15) is 0 Å². The van der Waals surface area contributed by atoms with Gasteiger partial charge in [-0.15, -0.1) is 0 Å². The average molecular weight is 449 g/mol. The van der Waals surface area contributed by atoms with Crippen molar-refractivity contribution in [2.75, 3.05) is 38.1 Å². The summed E-state index contributed by atoms with van der Waals surface area (Å²) in [6, 6.07) is 9.32. The van der Waals surface area contributed by atoms with Crippen LogP contribution in [0.15, 0.2) is 36.5 Å². The standard InChI is InChI=1S/C22H26Cl2N4O2/c23-18-12-19(24)14-20(13-18)26-21-17(2-1-6-25-21)15-27-7-9-28(10-8-27)22(29)30-11-5-16-3-4-16/h1-2,6,12-14,16H,3-5,7-11,15H2,(H,25,26). The molecule has 4 rings (SSSR count). The molecule has 1 saturated carbocycles. The molecule has 1 aromatic carbocycles. The molecule has 1 aromatic heterocycles. The number of benzene rings is 1. The van der Waals surface area contributed by atoms with Crippen molar-refractivity contribution in [2.45, 2.75) is 25.8 Å². The van der Waals surface area contributed by atoms with Crippen LogP contribution < -0.4 is 5.32 Å². The molecule has 160 valence electrons. The van der Waals surface area contributed by atoms with E-state index in [1.807, 2.05) is 18.2 Å². The van der Waals surface area contributed by atoms with Crippen LogP contribution in [0.5, 0.6) is 0 Å². The Balaban J connectivity index is 1.30. The van der Waals surface area contributed by atoms with E-state index in [1.54, 1.807) is 17.2 Å². The number of amides is 1. The van der Waals surface area contributed by atoms with E-state index in [1.165, 1.54) is 12.8 Å². The molecule has 1 aliphatic heterocycles. The van der Waals surface area contributed by atoms with Gasteiger partial charge >= 0.3 is 6.09 Å². The highest BCUT2D eigenvalue weighted by Crippen LogP contribution is 2.32. The van der Waals surface area contributed by atoms with Gasteiger partial charge in [-0.3, -0.25) is 4.90 Å². The summed E-state index contributed by atoms with van der Waals surface area (Å²) < 4.78 is 5.42. The van der Waals surface area contributed by atoms with Crippen LogP contribution in [0.2, 0.25) is 10.0 Å². The minimum absolute atomic E-state index is 0.183. The summed E-state index contributed by atoms with van der Waals surface area (Å²) in [5, 5.41) is 4.46. The minimum atomic E-state index is -0.183. The van der Waals surface area contributed by atoms with Crippen molar-refractivity contribution in [3.8, 4) is 0 Å². The minimum Gasteiger partial charge on any atom is -0.449 e. The summed E-state index contributed by atoms with van der Waals surface area (Å²) in [7, 11) is 0. The lowest BCUT2D eigenvalue weighted by Crippen LogP contribution is -2.48. The molecule has 2 fully saturated rings. The van der Waals surface area contributed by atoms with Crippen LogP contribution in [0.1, 0.15) is 24.8 Å². The fraction of sp³-hybridized carbons (Fsp3) is 0.455. The van der Waals surface area contributed by atoms with Crippen molar-refractivity contribution in [1.82, 2.24) is 14.8 Å². The van der Waals surface area contributed by atoms with Gasteiger partial charge in [-0.05, 0) is 36.6 Å². The Kier molecular flexibility index (Phi) is 6.97. The van der Waals surface area contributed by atoms with Gasteiger partial charge in [0.25, 0.3) is 0 Å². The van der Waals surface area contributed by atoms with Gasteiger partial charge in [0, 0.05) is 60.2 Å². The lowest BCUT2D eigenvalue weighted by molar-refractivity contribution is 0.0730. The number of nitrogens with one attached hydrogen (secondary N) is 1. The molecule has 0 spiro atoms. The van der Waals surface area contributed by atoms with Gasteiger partial charge in [0.1, 0.15) is 5.82 Å². The number of hydrogen-bond donors (Lipinski definition) is 1. The summed E-state index contributed by atoms with van der Waals surface area (Å²) in [4.78, 5) is 20.8. The number of rotatable bonds is 7. The Morgan fingerprint density at radius 1 is 1.13 bits per heavy atom. The molecule has 8 heteroatoms. The summed E-state index contributed by atoms with van der Waals surface area (Å²) >= 11 is 12.2. The maximum absolute atomic E-state index is 12.2. The molecule has 2 aliphatic rings. The molecule has 0 radical (unpaired) electrons. The zero-order valence-electron chi connectivity index (χ0n) is 16.8. The Morgan fingerprint density at radius 3 is 2.57 bits per heavy atom. The van der Waals surface area contributed by atoms with Crippen molar-refractivity contribution >= 4 is 40.8 Å². The first kappa shape index (κ1) is 21.2. The number of nitrogens with zero attached hydrogens (tertiary/aromatic N) is 3. The van der Waals surface area contributed by atoms with Crippen molar-refractivity contribution in [3.05, 3.63) is 52.1 Å². The normalized spacial score (nSPS) is 17.1. The van der Waals surface area contributed by atoms with Crippen molar-refractivity contribution in [2.24, 2.45) is 5.92 Å². The van der Waals surface area contributed by atoms with Crippen LogP contribution in [-0.2, 0) is 11.3 Å². The Bertz CT molecular complexity index is 863. The van der Waals surface area contributed by atoms with Crippen LogP contribution in [0.3, 0.4) is 0 Å². The lowest BCUT2D eigenvalue weighted by Gasteiger charge is -2.34. The van der Waals surface area contributed by atoms with Crippen molar-refractivity contribution in [3.63, 3.8) is 0 Å². The lowest BCUT2D eigenvalue weighted by atomic mass is 10.2. The summed E-state index contributed by atoms with van der Waals surface area (Å²) in [5.74, 6) is 1.55. The van der Waals surface area contributed by atoms with Crippen LogP contribution >= 0.6 is 23.2 Å². The molecule has 1 saturated heterocycles. The number of pyridine rings is 1. The van der Waals surface area contributed by atoms with Crippen LogP contribution in [-0.4, -0.2) is 53.7 Å². The zero-order chi connectivity index (χ0) is 20.9. The Labute approximate surface area is 187 Å². The Morgan fingerprint density at radius 2 is 1.87 bits per heavy atom. The summed E-state index contributed by atoms with van der Waals surface area (Å²) in [6.45, 7) is 4.24. The summed E-state index contributed by atoms with van der Waals surface area (Å²) in [6.07, 6.45) is 5.14. The smallest absolute Gasteiger partial charge is 0.409 e. The predicted molar refractivity (Wildman–Crippen MR) is 120 cm³/mol. The zero-order valence-corrected chi connectivity index (χ0v) is 18.3. The fourth-order valence-electron chi connectivity index (χ4n) is 3.58. The van der Waals surface area contributed by atoms with Gasteiger partial charge in [-0.25, -0.2) is 9.78 Å². The molecular weight excluding hydrogens is 423 g/mol. The number of hydrogen-bond acceptors (Lipinski definition) is 5. The molecule has 1 N–H and O–H groups in total. The third kappa shape index (κ3) is 6.00. The number of ether oxygens (including phenoxy) is 1. The number of halogens is 2. The van der Waals surface area contributed by atoms with Gasteiger partial charge in [0.05, 0.1) is 6.61 Å². The van der Waals surface area contributed by atoms with E-state index in [4.69, 9.17) is 27.9 Å². The van der Waals surface area contributed by atoms with Crippen LogP contribution in [0, 0.1) is 5.92 Å².